The third-order valence-corrected chi connectivity index (χ3v) is 6.06. The fourth-order valence-corrected chi connectivity index (χ4v) is 4.07. The van der Waals surface area contributed by atoms with E-state index in [-0.39, 0.29) is 5.97 Å². The highest BCUT2D eigenvalue weighted by Crippen LogP contribution is 2.47. The second-order valence-electron chi connectivity index (χ2n) is 7.52. The Morgan fingerprint density at radius 2 is 2.00 bits per heavy atom. The Labute approximate surface area is 140 Å². The summed E-state index contributed by atoms with van der Waals surface area (Å²) in [5.41, 5.74) is 2.59. The molecule has 1 aromatic heterocycles. The third-order valence-electron chi connectivity index (χ3n) is 4.78. The zero-order valence-electron chi connectivity index (χ0n) is 14.8. The number of methoxy groups -OCH3 is 1. The lowest BCUT2D eigenvalue weighted by atomic mass is 9.95. The van der Waals surface area contributed by atoms with Gasteiger partial charge in [0.1, 0.15) is 5.82 Å². The van der Waals surface area contributed by atoms with E-state index in [0.29, 0.717) is 18.3 Å². The second-order valence-corrected chi connectivity index (χ2v) is 11.6. The first-order chi connectivity index (χ1) is 10.8. The van der Waals surface area contributed by atoms with Crippen LogP contribution in [0.5, 0.6) is 0 Å². The van der Waals surface area contributed by atoms with Crippen LogP contribution >= 0.6 is 10.0 Å². The van der Waals surface area contributed by atoms with E-state index < -0.39 is 10.0 Å². The van der Waals surface area contributed by atoms with Crippen LogP contribution in [0.15, 0.2) is 5.16 Å². The number of carbonyl (C=O) groups is 1. The van der Waals surface area contributed by atoms with E-state index in [9.17, 15) is 4.79 Å². The molecule has 0 aromatic carbocycles. The summed E-state index contributed by atoms with van der Waals surface area (Å²) in [7, 11) is 0.507. The molecule has 0 N–H and O–H groups in total. The molecular formula is C17H27N3O2S. The normalized spacial score (nSPS) is 21.8. The molecule has 23 heavy (non-hydrogen) atoms. The maximum absolute atomic E-state index is 11.4. The summed E-state index contributed by atoms with van der Waals surface area (Å²) in [5, 5.41) is 1.01. The van der Waals surface area contributed by atoms with Gasteiger partial charge in [0.05, 0.1) is 19.2 Å². The number of hydrogen-bond donors (Lipinski definition) is 0. The molecule has 0 bridgehead atoms. The van der Waals surface area contributed by atoms with Crippen LogP contribution in [0, 0.1) is 5.92 Å². The van der Waals surface area contributed by atoms with Crippen LogP contribution in [0.25, 0.3) is 0 Å². The molecule has 1 fully saturated rings. The molecule has 5 nitrogen and oxygen atoms in total. The van der Waals surface area contributed by atoms with Crippen molar-refractivity contribution in [1.82, 2.24) is 9.97 Å². The minimum atomic E-state index is -0.947. The number of anilines is 1. The fraction of sp³-hybridized carbons (Fsp3) is 0.706. The van der Waals surface area contributed by atoms with Crippen molar-refractivity contribution in [3.63, 3.8) is 0 Å². The molecule has 1 aromatic rings. The van der Waals surface area contributed by atoms with E-state index in [1.807, 2.05) is 0 Å². The molecule has 6 heteroatoms. The summed E-state index contributed by atoms with van der Waals surface area (Å²) in [4.78, 5) is 23.6. The van der Waals surface area contributed by atoms with E-state index in [2.05, 4.69) is 30.6 Å². The highest BCUT2D eigenvalue weighted by molar-refractivity contribution is 8.32. The summed E-state index contributed by atoms with van der Waals surface area (Å²) < 4.78 is 4.77. The summed E-state index contributed by atoms with van der Waals surface area (Å²) >= 11 is 0. The lowest BCUT2D eigenvalue weighted by Gasteiger charge is -2.41. The van der Waals surface area contributed by atoms with E-state index >= 15 is 0 Å². The molecule has 1 unspecified atom stereocenters. The number of aromatic nitrogens is 2. The van der Waals surface area contributed by atoms with Crippen molar-refractivity contribution in [2.24, 2.45) is 5.92 Å². The molecule has 1 aliphatic carbocycles. The SMILES string of the molecule is COC(=O)CC1CN(c2nc(S(C)(C)C)nc3c2CCC3C)C1. The van der Waals surface area contributed by atoms with Crippen molar-refractivity contribution in [3.8, 4) is 0 Å². The lowest BCUT2D eigenvalue weighted by molar-refractivity contribution is -0.141. The Hall–Kier alpha value is -1.30. The van der Waals surface area contributed by atoms with Crippen molar-refractivity contribution in [3.05, 3.63) is 11.3 Å². The van der Waals surface area contributed by atoms with Crippen LogP contribution in [0.4, 0.5) is 5.82 Å². The van der Waals surface area contributed by atoms with Gasteiger partial charge in [-0.25, -0.2) is 9.97 Å². The van der Waals surface area contributed by atoms with Gasteiger partial charge in [-0.2, -0.15) is 10.0 Å². The molecule has 128 valence electrons. The van der Waals surface area contributed by atoms with Gasteiger partial charge in [-0.1, -0.05) is 6.92 Å². The van der Waals surface area contributed by atoms with E-state index in [0.717, 1.165) is 30.5 Å². The average molecular weight is 337 g/mol. The largest absolute Gasteiger partial charge is 0.469 e. The zero-order chi connectivity index (χ0) is 16.8. The Bertz CT molecular complexity index is 621. The Morgan fingerprint density at radius 3 is 2.61 bits per heavy atom. The van der Waals surface area contributed by atoms with E-state index in [4.69, 9.17) is 14.7 Å². The van der Waals surface area contributed by atoms with Crippen LogP contribution in [-0.4, -0.2) is 54.9 Å². The first-order valence-electron chi connectivity index (χ1n) is 8.20. The predicted molar refractivity (Wildman–Crippen MR) is 94.7 cm³/mol. The van der Waals surface area contributed by atoms with Crippen LogP contribution in [0.3, 0.4) is 0 Å². The molecule has 0 radical (unpaired) electrons. The van der Waals surface area contributed by atoms with Gasteiger partial charge in [-0.3, -0.25) is 4.79 Å². The first kappa shape index (κ1) is 16.6. The van der Waals surface area contributed by atoms with Crippen molar-refractivity contribution >= 4 is 21.8 Å². The van der Waals surface area contributed by atoms with Crippen LogP contribution in [0.2, 0.25) is 0 Å². The molecule has 2 heterocycles. The number of carbonyl (C=O) groups excluding carboxylic acids is 1. The number of hydrogen-bond acceptors (Lipinski definition) is 5. The zero-order valence-corrected chi connectivity index (χ0v) is 15.6. The van der Waals surface area contributed by atoms with Crippen molar-refractivity contribution in [2.75, 3.05) is 43.9 Å². The van der Waals surface area contributed by atoms with Crippen molar-refractivity contribution in [1.29, 1.82) is 0 Å². The van der Waals surface area contributed by atoms with Crippen LogP contribution < -0.4 is 4.90 Å². The van der Waals surface area contributed by atoms with E-state index in [1.54, 1.807) is 0 Å². The topological polar surface area (TPSA) is 55.3 Å². The van der Waals surface area contributed by atoms with Gasteiger partial charge in [-0.05, 0) is 37.5 Å². The van der Waals surface area contributed by atoms with Gasteiger partial charge in [-0.15, -0.1) is 0 Å². The van der Waals surface area contributed by atoms with Crippen molar-refractivity contribution < 1.29 is 9.53 Å². The molecule has 3 rings (SSSR count). The molecule has 1 atom stereocenters. The monoisotopic (exact) mass is 337 g/mol. The Balaban J connectivity index is 1.84. The number of esters is 1. The standard InChI is InChI=1S/C17H27N3O2S/c1-11-6-7-13-15(11)18-17(23(3,4)5)19-16(13)20-9-12(10-20)8-14(21)22-2/h11-12H,6-10H2,1-5H3. The van der Waals surface area contributed by atoms with E-state index in [1.165, 1.54) is 24.8 Å². The predicted octanol–water partition coefficient (Wildman–Crippen LogP) is 2.58. The summed E-state index contributed by atoms with van der Waals surface area (Å²) in [6, 6.07) is 0. The molecule has 2 aliphatic rings. The lowest BCUT2D eigenvalue weighted by Crippen LogP contribution is -2.48. The average Bonchev–Trinajstić information content (AvgIpc) is 2.82. The van der Waals surface area contributed by atoms with Crippen LogP contribution in [0.1, 0.15) is 36.9 Å². The van der Waals surface area contributed by atoms with Gasteiger partial charge >= 0.3 is 5.97 Å². The maximum Gasteiger partial charge on any atom is 0.305 e. The summed E-state index contributed by atoms with van der Waals surface area (Å²) in [6.45, 7) is 4.05. The summed E-state index contributed by atoms with van der Waals surface area (Å²) in [6.07, 6.45) is 9.48. The highest BCUT2D eigenvalue weighted by atomic mass is 32.3. The molecular weight excluding hydrogens is 310 g/mol. The Morgan fingerprint density at radius 1 is 1.30 bits per heavy atom. The molecule has 0 spiro atoms. The number of nitrogens with zero attached hydrogens (tertiary/aromatic N) is 3. The minimum Gasteiger partial charge on any atom is -0.469 e. The third kappa shape index (κ3) is 3.18. The molecule has 0 saturated carbocycles. The summed E-state index contributed by atoms with van der Waals surface area (Å²) in [5.74, 6) is 1.92. The van der Waals surface area contributed by atoms with Gasteiger partial charge in [0, 0.05) is 24.6 Å². The Kier molecular flexibility index (Phi) is 4.29. The van der Waals surface area contributed by atoms with Gasteiger partial charge in [0.2, 0.25) is 0 Å². The smallest absolute Gasteiger partial charge is 0.305 e. The highest BCUT2D eigenvalue weighted by Gasteiger charge is 2.35. The number of fused-ring (bicyclic) bond motifs is 1. The van der Waals surface area contributed by atoms with Gasteiger partial charge in [0.25, 0.3) is 0 Å². The molecule has 0 amide bonds. The fourth-order valence-electron chi connectivity index (χ4n) is 3.34. The second kappa shape index (κ2) is 5.96. The van der Waals surface area contributed by atoms with Crippen molar-refractivity contribution in [2.45, 2.75) is 37.3 Å². The quantitative estimate of drug-likeness (QED) is 0.624. The maximum atomic E-state index is 11.4. The molecule has 1 aliphatic heterocycles. The molecule has 1 saturated heterocycles. The number of ether oxygens (including phenoxy) is 1. The van der Waals surface area contributed by atoms with Gasteiger partial charge in [0.15, 0.2) is 5.16 Å². The minimum absolute atomic E-state index is 0.115. The van der Waals surface area contributed by atoms with Crippen LogP contribution in [-0.2, 0) is 16.0 Å². The number of rotatable bonds is 4. The van der Waals surface area contributed by atoms with Gasteiger partial charge < -0.3 is 9.64 Å². The first-order valence-corrected chi connectivity index (χ1v) is 11.1.